The molecule has 10 heavy (non-hydrogen) atoms. The van der Waals surface area contributed by atoms with Gasteiger partial charge in [-0.1, -0.05) is 6.08 Å². The van der Waals surface area contributed by atoms with Crippen LogP contribution in [0.1, 0.15) is 0 Å². The van der Waals surface area contributed by atoms with Crippen molar-refractivity contribution in [2.45, 2.75) is 18.1 Å². The Labute approximate surface area is 54.3 Å². The summed E-state index contributed by atoms with van der Waals surface area (Å²) in [5.74, 6) is -4.09. The fraction of sp³-hybridized carbons (Fsp3) is 0.600. The van der Waals surface area contributed by atoms with Gasteiger partial charge in [-0.15, -0.1) is 6.58 Å². The van der Waals surface area contributed by atoms with Crippen molar-refractivity contribution < 1.29 is 22.3 Å². The lowest BCUT2D eigenvalue weighted by molar-refractivity contribution is -0.465. The van der Waals surface area contributed by atoms with Crippen molar-refractivity contribution in [1.29, 1.82) is 0 Å². The molecule has 1 nitrogen and oxygen atoms in total. The Kier molecular flexibility index (Phi) is 1.29. The van der Waals surface area contributed by atoms with Crippen molar-refractivity contribution in [2.75, 3.05) is 0 Å². The van der Waals surface area contributed by atoms with E-state index in [1.165, 1.54) is 0 Å². The minimum Gasteiger partial charge on any atom is -0.301 e. The zero-order valence-corrected chi connectivity index (χ0v) is 4.78. The fourth-order valence-electron chi connectivity index (χ4n) is 0.616. The van der Waals surface area contributed by atoms with Crippen molar-refractivity contribution in [3.63, 3.8) is 0 Å². The predicted octanol–water partition coefficient (Wildman–Crippen LogP) is 1.80. The Balaban J connectivity index is 2.73. The monoisotopic (exact) mass is 156 g/mol. The van der Waals surface area contributed by atoms with Crippen LogP contribution >= 0.6 is 0 Å². The number of ether oxygens (including phenoxy) is 1. The van der Waals surface area contributed by atoms with Crippen molar-refractivity contribution in [3.05, 3.63) is 12.7 Å². The highest BCUT2D eigenvalue weighted by atomic mass is 19.3. The molecule has 58 valence electrons. The summed E-state index contributed by atoms with van der Waals surface area (Å²) in [6.07, 6.45) is -5.51. The number of halogens is 4. The molecular formula is C5H4F4O. The minimum absolute atomic E-state index is 0.650. The van der Waals surface area contributed by atoms with E-state index < -0.39 is 18.1 Å². The molecule has 0 amide bonds. The summed E-state index contributed by atoms with van der Waals surface area (Å²) in [5, 5.41) is 0. The molecule has 1 atom stereocenters. The third kappa shape index (κ3) is 0.667. The van der Waals surface area contributed by atoms with E-state index in [1.54, 1.807) is 0 Å². The van der Waals surface area contributed by atoms with Crippen LogP contribution in [0.3, 0.4) is 0 Å². The first-order valence-corrected chi connectivity index (χ1v) is 2.48. The Morgan fingerprint density at radius 2 is 1.80 bits per heavy atom. The van der Waals surface area contributed by atoms with Gasteiger partial charge in [-0.2, -0.15) is 17.6 Å². The van der Waals surface area contributed by atoms with E-state index >= 15 is 0 Å². The first-order chi connectivity index (χ1) is 4.42. The van der Waals surface area contributed by atoms with E-state index in [9.17, 15) is 17.6 Å². The van der Waals surface area contributed by atoms with Crippen LogP contribution in [-0.4, -0.2) is 18.1 Å². The molecule has 1 heterocycles. The Bertz CT molecular complexity index is 165. The van der Waals surface area contributed by atoms with Crippen LogP contribution in [0.15, 0.2) is 12.7 Å². The number of rotatable bonds is 1. The highest BCUT2D eigenvalue weighted by molar-refractivity contribution is 5.04. The largest absolute Gasteiger partial charge is 0.423 e. The third-order valence-corrected chi connectivity index (χ3v) is 1.23. The lowest BCUT2D eigenvalue weighted by Gasteiger charge is -2.41. The molecule has 0 spiro atoms. The number of hydrogen-bond donors (Lipinski definition) is 0. The van der Waals surface area contributed by atoms with Gasteiger partial charge in [0.25, 0.3) is 0 Å². The molecule has 1 saturated heterocycles. The van der Waals surface area contributed by atoms with Gasteiger partial charge in [0.15, 0.2) is 6.10 Å². The smallest absolute Gasteiger partial charge is 0.301 e. The van der Waals surface area contributed by atoms with E-state index in [0.717, 1.165) is 0 Å². The topological polar surface area (TPSA) is 9.23 Å². The van der Waals surface area contributed by atoms with Gasteiger partial charge in [0.05, 0.1) is 0 Å². The van der Waals surface area contributed by atoms with Crippen LogP contribution < -0.4 is 0 Å². The average molecular weight is 156 g/mol. The van der Waals surface area contributed by atoms with Crippen LogP contribution in [0.2, 0.25) is 0 Å². The summed E-state index contributed by atoms with van der Waals surface area (Å²) in [7, 11) is 0. The molecule has 1 aliphatic heterocycles. The van der Waals surface area contributed by atoms with E-state index in [0.29, 0.717) is 6.08 Å². The summed E-state index contributed by atoms with van der Waals surface area (Å²) in [6.45, 7) is 2.91. The maximum Gasteiger partial charge on any atom is 0.423 e. The summed E-state index contributed by atoms with van der Waals surface area (Å²) < 4.78 is 51.0. The predicted molar refractivity (Wildman–Crippen MR) is 25.0 cm³/mol. The van der Waals surface area contributed by atoms with E-state index in [-0.39, 0.29) is 0 Å². The quantitative estimate of drug-likeness (QED) is 0.415. The Morgan fingerprint density at radius 3 is 1.90 bits per heavy atom. The lowest BCUT2D eigenvalue weighted by Crippen LogP contribution is -2.64. The first-order valence-electron chi connectivity index (χ1n) is 2.48. The second-order valence-corrected chi connectivity index (χ2v) is 1.91. The normalized spacial score (nSPS) is 34.6. The zero-order valence-electron chi connectivity index (χ0n) is 4.78. The van der Waals surface area contributed by atoms with Gasteiger partial charge in [0.2, 0.25) is 0 Å². The Morgan fingerprint density at radius 1 is 1.30 bits per heavy atom. The maximum atomic E-state index is 12.0. The third-order valence-electron chi connectivity index (χ3n) is 1.23. The summed E-state index contributed by atoms with van der Waals surface area (Å²) in [4.78, 5) is 0. The first kappa shape index (κ1) is 7.53. The molecule has 5 heteroatoms. The Hall–Kier alpha value is -0.580. The van der Waals surface area contributed by atoms with Crippen molar-refractivity contribution in [1.82, 2.24) is 0 Å². The molecule has 0 saturated carbocycles. The second-order valence-electron chi connectivity index (χ2n) is 1.91. The van der Waals surface area contributed by atoms with Crippen molar-refractivity contribution in [3.8, 4) is 0 Å². The highest BCUT2D eigenvalue weighted by Gasteiger charge is 2.73. The maximum absolute atomic E-state index is 12.0. The molecule has 0 aliphatic carbocycles. The van der Waals surface area contributed by atoms with E-state index in [2.05, 4.69) is 11.3 Å². The number of alkyl halides is 4. The van der Waals surface area contributed by atoms with Gasteiger partial charge < -0.3 is 4.74 Å². The zero-order chi connectivity index (χ0) is 7.99. The van der Waals surface area contributed by atoms with Gasteiger partial charge in [-0.25, -0.2) is 0 Å². The minimum atomic E-state index is -4.31. The van der Waals surface area contributed by atoms with Crippen LogP contribution in [0.5, 0.6) is 0 Å². The molecule has 0 aromatic carbocycles. The van der Waals surface area contributed by atoms with Gasteiger partial charge in [0.1, 0.15) is 0 Å². The van der Waals surface area contributed by atoms with E-state index in [1.807, 2.05) is 0 Å². The number of hydrogen-bond acceptors (Lipinski definition) is 1. The molecular weight excluding hydrogens is 152 g/mol. The molecule has 1 fully saturated rings. The fourth-order valence-corrected chi connectivity index (χ4v) is 0.616. The summed E-state index contributed by atoms with van der Waals surface area (Å²) in [6, 6.07) is 0. The van der Waals surface area contributed by atoms with Crippen LogP contribution in [0.25, 0.3) is 0 Å². The highest BCUT2D eigenvalue weighted by Crippen LogP contribution is 2.49. The van der Waals surface area contributed by atoms with Crippen LogP contribution in [0.4, 0.5) is 17.6 Å². The molecule has 0 radical (unpaired) electrons. The summed E-state index contributed by atoms with van der Waals surface area (Å²) in [5.41, 5.74) is 0. The average Bonchev–Trinajstić information content (AvgIpc) is 1.83. The molecule has 0 aromatic heterocycles. The van der Waals surface area contributed by atoms with Gasteiger partial charge in [-0.05, 0) is 0 Å². The SMILES string of the molecule is C=CC1OC(F)(F)C1(F)F. The molecule has 0 N–H and O–H groups in total. The van der Waals surface area contributed by atoms with E-state index in [4.69, 9.17) is 0 Å². The summed E-state index contributed by atoms with van der Waals surface area (Å²) >= 11 is 0. The lowest BCUT2D eigenvalue weighted by atomic mass is 10.1. The second kappa shape index (κ2) is 1.72. The molecule has 1 aliphatic rings. The molecule has 1 rings (SSSR count). The molecule has 0 bridgehead atoms. The molecule has 0 aromatic rings. The van der Waals surface area contributed by atoms with Crippen LogP contribution in [-0.2, 0) is 4.74 Å². The standard InChI is InChI=1S/C5H4F4O/c1-2-3-4(6,7)5(8,9)10-3/h2-3H,1H2. The van der Waals surface area contributed by atoms with Gasteiger partial charge >= 0.3 is 12.0 Å². The van der Waals surface area contributed by atoms with Gasteiger partial charge in [-0.3, -0.25) is 0 Å². The molecule has 1 unspecified atom stereocenters. The van der Waals surface area contributed by atoms with Crippen LogP contribution in [0, 0.1) is 0 Å². The van der Waals surface area contributed by atoms with Gasteiger partial charge in [0, 0.05) is 0 Å². The van der Waals surface area contributed by atoms with Crippen molar-refractivity contribution in [2.24, 2.45) is 0 Å². The van der Waals surface area contributed by atoms with Crippen molar-refractivity contribution >= 4 is 0 Å².